The molecule has 1 aliphatic heterocycles. The van der Waals surface area contributed by atoms with Crippen molar-refractivity contribution < 1.29 is 4.79 Å². The summed E-state index contributed by atoms with van der Waals surface area (Å²) in [5.74, 6) is 0.403. The summed E-state index contributed by atoms with van der Waals surface area (Å²) in [6.45, 7) is 8.53. The highest BCUT2D eigenvalue weighted by atomic mass is 32.2. The van der Waals surface area contributed by atoms with E-state index in [1.54, 1.807) is 0 Å². The van der Waals surface area contributed by atoms with Crippen LogP contribution >= 0.6 is 11.8 Å². The van der Waals surface area contributed by atoms with Gasteiger partial charge in [-0.05, 0) is 50.4 Å². The van der Waals surface area contributed by atoms with Crippen LogP contribution in [0.3, 0.4) is 0 Å². The van der Waals surface area contributed by atoms with Crippen molar-refractivity contribution in [3.63, 3.8) is 0 Å². The first-order valence-corrected chi connectivity index (χ1v) is 12.0. The van der Waals surface area contributed by atoms with Crippen LogP contribution in [0.25, 0.3) is 0 Å². The number of amides is 1. The summed E-state index contributed by atoms with van der Waals surface area (Å²) in [5.41, 5.74) is 4.38. The number of hydrogen-bond donors (Lipinski definition) is 0. The first-order valence-electron chi connectivity index (χ1n) is 11.0. The number of rotatable bonds is 8. The average molecular weight is 427 g/mol. The van der Waals surface area contributed by atoms with Gasteiger partial charge in [-0.15, -0.1) is 0 Å². The molecule has 0 N–H and O–H groups in total. The van der Waals surface area contributed by atoms with E-state index >= 15 is 0 Å². The number of fused-ring (bicyclic) bond motifs is 2. The monoisotopic (exact) mass is 426 g/mol. The summed E-state index contributed by atoms with van der Waals surface area (Å²) in [6.07, 6.45) is 3.82. The number of anilines is 1. The molecule has 2 aromatic rings. The van der Waals surface area contributed by atoms with Crippen molar-refractivity contribution in [2.75, 3.05) is 36.8 Å². The van der Waals surface area contributed by atoms with Gasteiger partial charge in [0.15, 0.2) is 0 Å². The molecule has 160 valence electrons. The fraction of sp³-hybridized carbons (Fsp3) is 0.522. The van der Waals surface area contributed by atoms with Gasteiger partial charge in [0.05, 0.1) is 5.75 Å². The number of benzene rings is 1. The van der Waals surface area contributed by atoms with Gasteiger partial charge in [0, 0.05) is 36.6 Å². The fourth-order valence-corrected chi connectivity index (χ4v) is 5.48. The summed E-state index contributed by atoms with van der Waals surface area (Å²) in [6, 6.07) is 8.09. The van der Waals surface area contributed by atoms with Crippen molar-refractivity contribution in [3.8, 4) is 0 Å². The Morgan fingerprint density at radius 1 is 1.17 bits per heavy atom. The van der Waals surface area contributed by atoms with Gasteiger partial charge in [0.2, 0.25) is 5.91 Å². The minimum atomic E-state index is -0.177. The molecule has 0 saturated carbocycles. The van der Waals surface area contributed by atoms with Gasteiger partial charge in [-0.25, -0.2) is 4.79 Å². The summed E-state index contributed by atoms with van der Waals surface area (Å²) in [4.78, 5) is 34.2. The molecule has 0 saturated heterocycles. The van der Waals surface area contributed by atoms with Gasteiger partial charge >= 0.3 is 5.69 Å². The number of likely N-dealkylation sites (N-methyl/N-ethyl adjacent to an activating group) is 1. The lowest BCUT2D eigenvalue weighted by atomic mass is 10.2. The Bertz CT molecular complexity index is 984. The molecule has 0 bridgehead atoms. The van der Waals surface area contributed by atoms with Gasteiger partial charge in [-0.1, -0.05) is 43.8 Å². The highest BCUT2D eigenvalue weighted by Gasteiger charge is 2.26. The van der Waals surface area contributed by atoms with Gasteiger partial charge < -0.3 is 9.80 Å². The maximum absolute atomic E-state index is 12.9. The molecule has 6 nitrogen and oxygen atoms in total. The van der Waals surface area contributed by atoms with E-state index in [9.17, 15) is 9.59 Å². The second-order valence-electron chi connectivity index (χ2n) is 7.87. The minimum absolute atomic E-state index is 0.0872. The molecule has 7 heteroatoms. The van der Waals surface area contributed by atoms with Crippen LogP contribution in [-0.2, 0) is 30.6 Å². The van der Waals surface area contributed by atoms with Crippen LogP contribution in [-0.4, -0.2) is 52.3 Å². The lowest BCUT2D eigenvalue weighted by Crippen LogP contribution is -2.34. The van der Waals surface area contributed by atoms with Crippen LogP contribution in [0.15, 0.2) is 34.1 Å². The molecule has 30 heavy (non-hydrogen) atoms. The zero-order valence-corrected chi connectivity index (χ0v) is 18.7. The Balaban J connectivity index is 1.48. The highest BCUT2D eigenvalue weighted by Crippen LogP contribution is 2.31. The molecular weight excluding hydrogens is 396 g/mol. The van der Waals surface area contributed by atoms with E-state index in [4.69, 9.17) is 0 Å². The summed E-state index contributed by atoms with van der Waals surface area (Å²) in [5, 5.41) is 0.757. The van der Waals surface area contributed by atoms with E-state index < -0.39 is 0 Å². The number of thioether (sulfide) groups is 1. The molecule has 2 aliphatic rings. The van der Waals surface area contributed by atoms with E-state index in [0.29, 0.717) is 12.3 Å². The Morgan fingerprint density at radius 3 is 2.77 bits per heavy atom. The van der Waals surface area contributed by atoms with Crippen LogP contribution in [0.4, 0.5) is 5.69 Å². The van der Waals surface area contributed by atoms with Crippen molar-refractivity contribution in [2.45, 2.75) is 51.1 Å². The number of aromatic nitrogens is 2. The molecule has 0 atom stereocenters. The second-order valence-corrected chi connectivity index (χ2v) is 8.83. The number of hydrogen-bond acceptors (Lipinski definition) is 5. The second kappa shape index (κ2) is 9.35. The zero-order valence-electron chi connectivity index (χ0n) is 17.9. The number of carbonyl (C=O) groups is 1. The first-order chi connectivity index (χ1) is 14.6. The number of nitrogens with zero attached hydrogens (tertiary/aromatic N) is 4. The zero-order chi connectivity index (χ0) is 21.1. The predicted octanol–water partition coefficient (Wildman–Crippen LogP) is 2.76. The Labute approximate surface area is 182 Å². The standard InChI is InChI=1S/C23H30N4O2S/c1-3-25(4-2)14-15-27-20-11-7-9-18(20)22(24-23(27)29)30-16-21(28)26-13-12-17-8-5-6-10-19(17)26/h5-6,8,10H,3-4,7,9,11-16H2,1-2H3. The van der Waals surface area contributed by atoms with Crippen LogP contribution in [0.5, 0.6) is 0 Å². The SMILES string of the molecule is CCN(CC)CCn1c2c(c(SCC(=O)N3CCc4ccccc43)nc1=O)CCC2. The molecule has 0 spiro atoms. The molecule has 0 radical (unpaired) electrons. The molecular formula is C23H30N4O2S. The van der Waals surface area contributed by atoms with Gasteiger partial charge in [-0.2, -0.15) is 4.98 Å². The van der Waals surface area contributed by atoms with Crippen LogP contribution in [0.2, 0.25) is 0 Å². The highest BCUT2D eigenvalue weighted by molar-refractivity contribution is 8.00. The third kappa shape index (κ3) is 4.18. The van der Waals surface area contributed by atoms with Crippen molar-refractivity contribution in [1.29, 1.82) is 0 Å². The van der Waals surface area contributed by atoms with E-state index in [-0.39, 0.29) is 11.6 Å². The van der Waals surface area contributed by atoms with Crippen molar-refractivity contribution >= 4 is 23.4 Å². The Morgan fingerprint density at radius 2 is 1.97 bits per heavy atom. The van der Waals surface area contributed by atoms with Gasteiger partial charge in [0.1, 0.15) is 5.03 Å². The maximum atomic E-state index is 12.9. The predicted molar refractivity (Wildman–Crippen MR) is 122 cm³/mol. The van der Waals surface area contributed by atoms with Crippen LogP contribution < -0.4 is 10.6 Å². The number of carbonyl (C=O) groups excluding carboxylic acids is 1. The van der Waals surface area contributed by atoms with Crippen LogP contribution in [0, 0.1) is 0 Å². The third-order valence-electron chi connectivity index (χ3n) is 6.26. The normalized spacial score (nSPS) is 15.0. The number of para-hydroxylation sites is 1. The van der Waals surface area contributed by atoms with Crippen LogP contribution in [0.1, 0.15) is 37.1 Å². The van der Waals surface area contributed by atoms with Crippen molar-refractivity contribution in [3.05, 3.63) is 51.6 Å². The molecule has 0 fully saturated rings. The topological polar surface area (TPSA) is 58.4 Å². The molecule has 1 aromatic carbocycles. The molecule has 4 rings (SSSR count). The third-order valence-corrected chi connectivity index (χ3v) is 7.26. The minimum Gasteiger partial charge on any atom is -0.311 e. The molecule has 1 aliphatic carbocycles. The van der Waals surface area contributed by atoms with E-state index in [2.05, 4.69) is 29.8 Å². The molecule has 0 unspecified atom stereocenters. The van der Waals surface area contributed by atoms with E-state index in [1.165, 1.54) is 22.9 Å². The first kappa shape index (κ1) is 21.1. The lowest BCUT2D eigenvalue weighted by molar-refractivity contribution is -0.116. The summed E-state index contributed by atoms with van der Waals surface area (Å²) in [7, 11) is 0. The Kier molecular flexibility index (Phi) is 6.58. The molecule has 1 amide bonds. The lowest BCUT2D eigenvalue weighted by Gasteiger charge is -2.20. The van der Waals surface area contributed by atoms with Gasteiger partial charge in [-0.3, -0.25) is 9.36 Å². The van der Waals surface area contributed by atoms with E-state index in [1.807, 2.05) is 27.7 Å². The van der Waals surface area contributed by atoms with Crippen molar-refractivity contribution in [1.82, 2.24) is 14.5 Å². The summed E-state index contributed by atoms with van der Waals surface area (Å²) >= 11 is 1.43. The molecule has 2 heterocycles. The fourth-order valence-electron chi connectivity index (χ4n) is 4.52. The largest absolute Gasteiger partial charge is 0.348 e. The van der Waals surface area contributed by atoms with Crippen molar-refractivity contribution in [2.24, 2.45) is 0 Å². The van der Waals surface area contributed by atoms with Gasteiger partial charge in [0.25, 0.3) is 0 Å². The average Bonchev–Trinajstić information content (AvgIpc) is 3.41. The summed E-state index contributed by atoms with van der Waals surface area (Å²) < 4.78 is 1.86. The quantitative estimate of drug-likeness (QED) is 0.480. The molecule has 1 aromatic heterocycles. The Hall–Kier alpha value is -2.12. The maximum Gasteiger partial charge on any atom is 0.348 e. The smallest absolute Gasteiger partial charge is 0.311 e. The van der Waals surface area contributed by atoms with E-state index in [0.717, 1.165) is 68.3 Å².